The van der Waals surface area contributed by atoms with Gasteiger partial charge in [-0.3, -0.25) is 9.58 Å². The number of aryl methyl sites for hydroxylation is 2. The summed E-state index contributed by atoms with van der Waals surface area (Å²) in [4.78, 5) is 6.88. The van der Waals surface area contributed by atoms with Gasteiger partial charge in [0.25, 0.3) is 0 Å². The zero-order chi connectivity index (χ0) is 14.4. The van der Waals surface area contributed by atoms with Gasteiger partial charge in [-0.15, -0.1) is 11.3 Å². The molecule has 0 aliphatic heterocycles. The molecule has 0 radical (unpaired) electrons. The van der Waals surface area contributed by atoms with Gasteiger partial charge in [0.2, 0.25) is 0 Å². The third-order valence-corrected chi connectivity index (χ3v) is 3.90. The highest BCUT2D eigenvalue weighted by molar-refractivity contribution is 7.09. The molecule has 20 heavy (non-hydrogen) atoms. The van der Waals surface area contributed by atoms with Gasteiger partial charge in [-0.05, 0) is 13.8 Å². The highest BCUT2D eigenvalue weighted by atomic mass is 32.1. The van der Waals surface area contributed by atoms with Gasteiger partial charge in [-0.1, -0.05) is 0 Å². The highest BCUT2D eigenvalue weighted by Crippen LogP contribution is 2.12. The second-order valence-electron chi connectivity index (χ2n) is 4.77. The normalized spacial score (nSPS) is 11.4. The van der Waals surface area contributed by atoms with Gasteiger partial charge in [0.15, 0.2) is 0 Å². The van der Waals surface area contributed by atoms with Crippen LogP contribution in [-0.2, 0) is 24.4 Å². The molecule has 2 aromatic heterocycles. The van der Waals surface area contributed by atoms with E-state index in [0.29, 0.717) is 0 Å². The van der Waals surface area contributed by atoms with E-state index < -0.39 is 0 Å². The summed E-state index contributed by atoms with van der Waals surface area (Å²) in [5, 5.41) is 7.57. The summed E-state index contributed by atoms with van der Waals surface area (Å²) in [6.07, 6.45) is 4.04. The number of nitrogens with zero attached hydrogens (tertiary/aromatic N) is 4. The Bertz CT molecular complexity index is 523. The van der Waals surface area contributed by atoms with Crippen LogP contribution < -0.4 is 0 Å². The lowest BCUT2D eigenvalue weighted by atomic mass is 10.3. The summed E-state index contributed by atoms with van der Waals surface area (Å²) in [7, 11) is 1.74. The first kappa shape index (κ1) is 15.2. The van der Waals surface area contributed by atoms with E-state index in [4.69, 9.17) is 4.74 Å². The van der Waals surface area contributed by atoms with Crippen molar-refractivity contribution >= 4 is 11.3 Å². The summed E-state index contributed by atoms with van der Waals surface area (Å²) in [5.41, 5.74) is 2.36. The number of ether oxygens (including phenoxy) is 1. The SMILES string of the molecule is CCn1cc(CN(CCOC)Cc2csc(C)n2)cn1. The van der Waals surface area contributed by atoms with E-state index >= 15 is 0 Å². The van der Waals surface area contributed by atoms with E-state index in [9.17, 15) is 0 Å². The molecule has 0 saturated carbocycles. The minimum Gasteiger partial charge on any atom is -0.383 e. The first-order valence-electron chi connectivity index (χ1n) is 6.85. The van der Waals surface area contributed by atoms with Crippen molar-refractivity contribution < 1.29 is 4.74 Å². The fourth-order valence-corrected chi connectivity index (χ4v) is 2.67. The summed E-state index contributed by atoms with van der Waals surface area (Å²) in [6, 6.07) is 0. The molecule has 5 nitrogen and oxygen atoms in total. The van der Waals surface area contributed by atoms with Crippen molar-refractivity contribution in [3.8, 4) is 0 Å². The third kappa shape index (κ3) is 4.40. The van der Waals surface area contributed by atoms with E-state index in [2.05, 4.69) is 33.5 Å². The third-order valence-electron chi connectivity index (χ3n) is 3.08. The summed E-state index contributed by atoms with van der Waals surface area (Å²) in [6.45, 7) is 8.39. The van der Waals surface area contributed by atoms with Crippen LogP contribution in [0.2, 0.25) is 0 Å². The van der Waals surface area contributed by atoms with Crippen LogP contribution in [0.15, 0.2) is 17.8 Å². The molecule has 0 spiro atoms. The Morgan fingerprint density at radius 3 is 2.85 bits per heavy atom. The average Bonchev–Trinajstić information content (AvgIpc) is 3.05. The molecule has 0 fully saturated rings. The maximum absolute atomic E-state index is 5.20. The molecule has 6 heteroatoms. The zero-order valence-electron chi connectivity index (χ0n) is 12.4. The molecular weight excluding hydrogens is 272 g/mol. The molecule has 0 N–H and O–H groups in total. The van der Waals surface area contributed by atoms with Crippen LogP contribution in [0, 0.1) is 6.92 Å². The van der Waals surface area contributed by atoms with Gasteiger partial charge in [0.05, 0.1) is 23.5 Å². The van der Waals surface area contributed by atoms with Crippen molar-refractivity contribution in [2.45, 2.75) is 33.5 Å². The number of thiazole rings is 1. The molecule has 0 unspecified atom stereocenters. The van der Waals surface area contributed by atoms with Gasteiger partial charge in [-0.2, -0.15) is 5.10 Å². The number of hydrogen-bond donors (Lipinski definition) is 0. The number of aromatic nitrogens is 3. The minimum atomic E-state index is 0.727. The van der Waals surface area contributed by atoms with Crippen LogP contribution in [0.25, 0.3) is 0 Å². The molecule has 2 heterocycles. The van der Waals surface area contributed by atoms with Gasteiger partial charge in [0, 0.05) is 50.4 Å². The van der Waals surface area contributed by atoms with Crippen molar-refractivity contribution in [3.05, 3.63) is 34.0 Å². The second-order valence-corrected chi connectivity index (χ2v) is 5.83. The molecule has 0 amide bonds. The highest BCUT2D eigenvalue weighted by Gasteiger charge is 2.10. The van der Waals surface area contributed by atoms with Crippen molar-refractivity contribution in [2.75, 3.05) is 20.3 Å². The lowest BCUT2D eigenvalue weighted by molar-refractivity contribution is 0.139. The van der Waals surface area contributed by atoms with E-state index in [1.807, 2.05) is 17.8 Å². The van der Waals surface area contributed by atoms with E-state index in [1.54, 1.807) is 18.4 Å². The minimum absolute atomic E-state index is 0.727. The topological polar surface area (TPSA) is 43.2 Å². The molecular formula is C14H22N4OS. The molecule has 0 aromatic carbocycles. The van der Waals surface area contributed by atoms with Crippen LogP contribution in [0.1, 0.15) is 23.2 Å². The Kier molecular flexibility index (Phi) is 5.70. The Morgan fingerprint density at radius 2 is 2.25 bits per heavy atom. The molecule has 0 saturated heterocycles. The Hall–Kier alpha value is -1.24. The molecule has 0 atom stereocenters. The predicted molar refractivity (Wildman–Crippen MR) is 80.7 cm³/mol. The molecule has 0 bridgehead atoms. The van der Waals surface area contributed by atoms with Crippen LogP contribution in [0.5, 0.6) is 0 Å². The first-order chi connectivity index (χ1) is 9.71. The molecule has 0 aliphatic rings. The molecule has 2 aromatic rings. The van der Waals surface area contributed by atoms with Gasteiger partial charge in [0.1, 0.15) is 0 Å². The van der Waals surface area contributed by atoms with Crippen LogP contribution >= 0.6 is 11.3 Å². The Balaban J connectivity index is 1.98. The second kappa shape index (κ2) is 7.52. The van der Waals surface area contributed by atoms with Gasteiger partial charge >= 0.3 is 0 Å². The lowest BCUT2D eigenvalue weighted by Gasteiger charge is -2.20. The van der Waals surface area contributed by atoms with Crippen molar-refractivity contribution in [2.24, 2.45) is 0 Å². The van der Waals surface area contributed by atoms with Crippen molar-refractivity contribution in [3.63, 3.8) is 0 Å². The fourth-order valence-electron chi connectivity index (χ4n) is 2.06. The van der Waals surface area contributed by atoms with E-state index in [0.717, 1.165) is 43.5 Å². The number of hydrogen-bond acceptors (Lipinski definition) is 5. The van der Waals surface area contributed by atoms with Crippen molar-refractivity contribution in [1.29, 1.82) is 0 Å². The average molecular weight is 294 g/mol. The fraction of sp³-hybridized carbons (Fsp3) is 0.571. The smallest absolute Gasteiger partial charge is 0.0897 e. The predicted octanol–water partition coefficient (Wildman–Crippen LogP) is 2.32. The Morgan fingerprint density at radius 1 is 1.40 bits per heavy atom. The monoisotopic (exact) mass is 294 g/mol. The first-order valence-corrected chi connectivity index (χ1v) is 7.73. The molecule has 2 rings (SSSR count). The van der Waals surface area contributed by atoms with Crippen LogP contribution in [0.4, 0.5) is 0 Å². The Labute approximate surface area is 124 Å². The summed E-state index contributed by atoms with van der Waals surface area (Å²) >= 11 is 1.70. The molecule has 0 aliphatic carbocycles. The van der Waals surface area contributed by atoms with E-state index in [1.165, 1.54) is 5.56 Å². The quantitative estimate of drug-likeness (QED) is 0.749. The maximum atomic E-state index is 5.20. The van der Waals surface area contributed by atoms with Crippen LogP contribution in [0.3, 0.4) is 0 Å². The number of methoxy groups -OCH3 is 1. The van der Waals surface area contributed by atoms with Crippen LogP contribution in [-0.4, -0.2) is 39.9 Å². The molecule has 110 valence electrons. The number of rotatable bonds is 8. The largest absolute Gasteiger partial charge is 0.383 e. The summed E-state index contributed by atoms with van der Waals surface area (Å²) < 4.78 is 7.15. The maximum Gasteiger partial charge on any atom is 0.0897 e. The summed E-state index contributed by atoms with van der Waals surface area (Å²) in [5.74, 6) is 0. The van der Waals surface area contributed by atoms with E-state index in [-0.39, 0.29) is 0 Å². The van der Waals surface area contributed by atoms with Gasteiger partial charge < -0.3 is 4.74 Å². The zero-order valence-corrected chi connectivity index (χ0v) is 13.2. The van der Waals surface area contributed by atoms with Gasteiger partial charge in [-0.25, -0.2) is 4.98 Å². The van der Waals surface area contributed by atoms with Crippen molar-refractivity contribution in [1.82, 2.24) is 19.7 Å². The lowest BCUT2D eigenvalue weighted by Crippen LogP contribution is -2.26. The standard InChI is InChI=1S/C14H22N4OS/c1-4-18-9-13(7-15-18)8-17(5-6-19-3)10-14-11-20-12(2)16-14/h7,9,11H,4-6,8,10H2,1-3H3.